The summed E-state index contributed by atoms with van der Waals surface area (Å²) >= 11 is 0. The predicted octanol–water partition coefficient (Wildman–Crippen LogP) is 11.6. The molecule has 0 aliphatic heterocycles. The first-order valence-corrected chi connectivity index (χ1v) is 15.6. The van der Waals surface area contributed by atoms with Gasteiger partial charge in [0.15, 0.2) is 0 Å². The molecule has 0 spiro atoms. The second-order valence-corrected chi connectivity index (χ2v) is 12.6. The first kappa shape index (κ1) is 24.0. The molecule has 3 aliphatic rings. The Labute approximate surface area is 256 Å². The zero-order valence-corrected chi connectivity index (χ0v) is 24.2. The maximum absolute atomic E-state index is 2.47. The van der Waals surface area contributed by atoms with Gasteiger partial charge in [-0.1, -0.05) is 109 Å². The van der Waals surface area contributed by atoms with Crippen molar-refractivity contribution in [1.29, 1.82) is 0 Å². The molecule has 0 heteroatoms. The van der Waals surface area contributed by atoms with Crippen LogP contribution in [-0.4, -0.2) is 0 Å². The zero-order chi connectivity index (χ0) is 28.8. The van der Waals surface area contributed by atoms with Gasteiger partial charge in [0, 0.05) is 5.92 Å². The van der Waals surface area contributed by atoms with Crippen molar-refractivity contribution in [2.75, 3.05) is 0 Å². The molecule has 0 saturated carbocycles. The van der Waals surface area contributed by atoms with Gasteiger partial charge in [0.2, 0.25) is 0 Å². The monoisotopic (exact) mass is 556 g/mol. The minimum atomic E-state index is 0.323. The zero-order valence-electron chi connectivity index (χ0n) is 24.2. The average molecular weight is 557 g/mol. The van der Waals surface area contributed by atoms with Crippen LogP contribution in [0.5, 0.6) is 0 Å². The molecule has 0 bridgehead atoms. The van der Waals surface area contributed by atoms with Crippen molar-refractivity contribution in [3.05, 3.63) is 179 Å². The van der Waals surface area contributed by atoms with Crippen molar-refractivity contribution < 1.29 is 0 Å². The lowest BCUT2D eigenvalue weighted by Gasteiger charge is -2.35. The molecule has 7 aromatic rings. The quantitative estimate of drug-likeness (QED) is 0.186. The summed E-state index contributed by atoms with van der Waals surface area (Å²) in [6, 6.07) is 45.2. The maximum Gasteiger partial charge on any atom is 0.0346 e. The topological polar surface area (TPSA) is 0 Å². The summed E-state index contributed by atoms with van der Waals surface area (Å²) in [4.78, 5) is 0. The third-order valence-corrected chi connectivity index (χ3v) is 9.99. The Morgan fingerprint density at radius 1 is 0.432 bits per heavy atom. The molecule has 204 valence electrons. The van der Waals surface area contributed by atoms with Gasteiger partial charge in [0.05, 0.1) is 0 Å². The van der Waals surface area contributed by atoms with Crippen LogP contribution in [0, 0.1) is 0 Å². The third kappa shape index (κ3) is 3.64. The Morgan fingerprint density at radius 3 is 1.70 bits per heavy atom. The lowest BCUT2D eigenvalue weighted by Crippen LogP contribution is -2.18. The van der Waals surface area contributed by atoms with E-state index in [4.69, 9.17) is 0 Å². The van der Waals surface area contributed by atoms with E-state index in [0.29, 0.717) is 5.92 Å². The summed E-state index contributed by atoms with van der Waals surface area (Å²) in [5.41, 5.74) is 12.3. The number of hydrogen-bond acceptors (Lipinski definition) is 0. The van der Waals surface area contributed by atoms with Gasteiger partial charge in [-0.15, -0.1) is 0 Å². The van der Waals surface area contributed by atoms with Gasteiger partial charge in [-0.25, -0.2) is 0 Å². The molecule has 10 rings (SSSR count). The molecule has 0 heterocycles. The smallest absolute Gasteiger partial charge is 0.0346 e. The van der Waals surface area contributed by atoms with Crippen molar-refractivity contribution >= 4 is 54.7 Å². The van der Waals surface area contributed by atoms with Gasteiger partial charge in [0.1, 0.15) is 0 Å². The van der Waals surface area contributed by atoms with Gasteiger partial charge in [-0.3, -0.25) is 0 Å². The first-order valence-electron chi connectivity index (χ1n) is 15.6. The fraction of sp³-hybridized carbons (Fsp3) is 0.0455. The van der Waals surface area contributed by atoms with Crippen LogP contribution in [0.1, 0.15) is 28.2 Å². The Morgan fingerprint density at radius 2 is 1.02 bits per heavy atom. The highest BCUT2D eigenvalue weighted by atomic mass is 14.4. The van der Waals surface area contributed by atoms with Gasteiger partial charge in [-0.2, -0.15) is 0 Å². The fourth-order valence-corrected chi connectivity index (χ4v) is 7.80. The molecule has 0 radical (unpaired) electrons. The van der Waals surface area contributed by atoms with Crippen LogP contribution in [0.15, 0.2) is 157 Å². The molecule has 0 N–H and O–H groups in total. The summed E-state index contributed by atoms with van der Waals surface area (Å²) < 4.78 is 0. The highest BCUT2D eigenvalue weighted by molar-refractivity contribution is 6.01. The van der Waals surface area contributed by atoms with E-state index < -0.39 is 0 Å². The Bertz CT molecular complexity index is 2510. The number of rotatable bonds is 2. The van der Waals surface area contributed by atoms with Crippen LogP contribution in [0.2, 0.25) is 0 Å². The third-order valence-electron chi connectivity index (χ3n) is 9.99. The van der Waals surface area contributed by atoms with Gasteiger partial charge in [-0.05, 0) is 142 Å². The van der Waals surface area contributed by atoms with Crippen LogP contribution in [0.25, 0.3) is 65.9 Å². The van der Waals surface area contributed by atoms with E-state index in [1.807, 2.05) is 0 Å². The average Bonchev–Trinajstić information content (AvgIpc) is 3.07. The van der Waals surface area contributed by atoms with E-state index in [9.17, 15) is 0 Å². The molecule has 0 saturated heterocycles. The van der Waals surface area contributed by atoms with E-state index >= 15 is 0 Å². The molecule has 0 aromatic heterocycles. The van der Waals surface area contributed by atoms with Crippen molar-refractivity contribution in [3.63, 3.8) is 0 Å². The highest BCUT2D eigenvalue weighted by Gasteiger charge is 2.32. The fourth-order valence-electron chi connectivity index (χ4n) is 7.80. The molecular formula is C44H28. The summed E-state index contributed by atoms with van der Waals surface area (Å²) in [5, 5.41) is 10.3. The predicted molar refractivity (Wildman–Crippen MR) is 188 cm³/mol. The summed E-state index contributed by atoms with van der Waals surface area (Å²) in [6.45, 7) is 0. The maximum atomic E-state index is 2.47. The number of fused-ring (bicyclic) bond motifs is 4. The van der Waals surface area contributed by atoms with Crippen molar-refractivity contribution in [2.45, 2.75) is 12.3 Å². The molecule has 1 unspecified atom stereocenters. The SMILES string of the molecule is C1=Cc2cc(-c3ccc4cc5ccccc5cc4c3)cc3c2C2C(=CC3)C=C(c3ccc4cc5ccccc5cc4c3)C=C12. The van der Waals surface area contributed by atoms with Crippen molar-refractivity contribution in [2.24, 2.45) is 0 Å². The molecule has 44 heavy (non-hydrogen) atoms. The highest BCUT2D eigenvalue weighted by Crippen LogP contribution is 2.49. The Hall–Kier alpha value is -5.46. The molecule has 7 aromatic carbocycles. The minimum Gasteiger partial charge on any atom is -0.0759 e. The van der Waals surface area contributed by atoms with E-state index in [0.717, 1.165) is 6.42 Å². The van der Waals surface area contributed by atoms with Crippen LogP contribution in [0.3, 0.4) is 0 Å². The first-order chi connectivity index (χ1) is 21.7. The van der Waals surface area contributed by atoms with Gasteiger partial charge in [0.25, 0.3) is 0 Å². The molecular weight excluding hydrogens is 528 g/mol. The number of benzene rings is 7. The van der Waals surface area contributed by atoms with Crippen LogP contribution < -0.4 is 0 Å². The normalized spacial score (nSPS) is 16.6. The van der Waals surface area contributed by atoms with E-state index in [2.05, 4.69) is 152 Å². The minimum absolute atomic E-state index is 0.323. The second kappa shape index (κ2) is 9.02. The van der Waals surface area contributed by atoms with Crippen molar-refractivity contribution in [1.82, 2.24) is 0 Å². The molecule has 0 amide bonds. The molecule has 0 fully saturated rings. The van der Waals surface area contributed by atoms with E-state index in [1.54, 1.807) is 0 Å². The van der Waals surface area contributed by atoms with Crippen LogP contribution >= 0.6 is 0 Å². The number of allylic oxidation sites excluding steroid dienone is 7. The van der Waals surface area contributed by atoms with Crippen molar-refractivity contribution in [3.8, 4) is 11.1 Å². The second-order valence-electron chi connectivity index (χ2n) is 12.6. The summed E-state index contributed by atoms with van der Waals surface area (Å²) in [6.07, 6.45) is 13.0. The molecule has 1 atom stereocenters. The molecule has 3 aliphatic carbocycles. The van der Waals surface area contributed by atoms with Crippen LogP contribution in [-0.2, 0) is 6.42 Å². The lowest BCUT2D eigenvalue weighted by atomic mass is 9.69. The number of hydrogen-bond donors (Lipinski definition) is 0. The largest absolute Gasteiger partial charge is 0.0759 e. The summed E-state index contributed by atoms with van der Waals surface area (Å²) in [5.74, 6) is 0.323. The van der Waals surface area contributed by atoms with Gasteiger partial charge >= 0.3 is 0 Å². The standard InChI is InChI=1S/C44H28/c1-3-7-29-19-39-21-33(11-9-31(39)17-27(29)5-1)41-23-35-13-15-37-25-42(26-38-16-14-36(24-41)43(35)44(37)38)34-12-10-32-18-28-6-2-4-8-30(28)20-40(32)22-34/h1-15,17-26,43H,16H2. The summed E-state index contributed by atoms with van der Waals surface area (Å²) in [7, 11) is 0. The van der Waals surface area contributed by atoms with E-state index in [1.165, 1.54) is 93.2 Å². The lowest BCUT2D eigenvalue weighted by molar-refractivity contribution is 0.894. The molecule has 0 nitrogen and oxygen atoms in total. The van der Waals surface area contributed by atoms with Gasteiger partial charge < -0.3 is 0 Å². The Kier molecular flexibility index (Phi) is 4.93. The Balaban J connectivity index is 1.04. The van der Waals surface area contributed by atoms with E-state index in [-0.39, 0.29) is 0 Å². The van der Waals surface area contributed by atoms with Crippen LogP contribution in [0.4, 0.5) is 0 Å².